The van der Waals surface area contributed by atoms with Gasteiger partial charge in [0.2, 0.25) is 0 Å². The Morgan fingerprint density at radius 2 is 2.14 bits per heavy atom. The van der Waals surface area contributed by atoms with Crippen LogP contribution in [0.25, 0.3) is 0 Å². The molecule has 120 valence electrons. The third-order valence-corrected chi connectivity index (χ3v) is 5.19. The van der Waals surface area contributed by atoms with E-state index in [4.69, 9.17) is 4.74 Å². The lowest BCUT2D eigenvalue weighted by Gasteiger charge is -2.42. The molecule has 1 fully saturated rings. The van der Waals surface area contributed by atoms with E-state index in [0.717, 1.165) is 54.7 Å². The van der Waals surface area contributed by atoms with Gasteiger partial charge in [0.15, 0.2) is 0 Å². The highest BCUT2D eigenvalue weighted by atomic mass is 79.9. The second-order valence-electron chi connectivity index (χ2n) is 6.18. The van der Waals surface area contributed by atoms with Crippen LogP contribution in [0.3, 0.4) is 0 Å². The first-order chi connectivity index (χ1) is 10.0. The van der Waals surface area contributed by atoms with Crippen LogP contribution in [0.15, 0.2) is 10.7 Å². The topological polar surface area (TPSA) is 47.3 Å². The van der Waals surface area contributed by atoms with Crippen LogP contribution in [0.5, 0.6) is 0 Å². The molecule has 0 aromatic carbocycles. The third-order valence-electron chi connectivity index (χ3n) is 4.58. The largest absolute Gasteiger partial charge is 0.384 e. The Kier molecular flexibility index (Phi) is 5.86. The van der Waals surface area contributed by atoms with Gasteiger partial charge in [0.25, 0.3) is 0 Å². The lowest BCUT2D eigenvalue weighted by Crippen LogP contribution is -2.43. The predicted octanol–water partition coefficient (Wildman–Crippen LogP) is 4.07. The van der Waals surface area contributed by atoms with Crippen LogP contribution in [0, 0.1) is 5.92 Å². The summed E-state index contributed by atoms with van der Waals surface area (Å²) in [5.41, 5.74) is 0.398. The van der Waals surface area contributed by atoms with Crippen molar-refractivity contribution in [2.24, 2.45) is 5.92 Å². The maximum atomic E-state index is 11.1. The summed E-state index contributed by atoms with van der Waals surface area (Å²) in [5.74, 6) is 0.717. The van der Waals surface area contributed by atoms with Crippen LogP contribution in [0.2, 0.25) is 0 Å². The fraction of sp³-hybridized carbons (Fsp3) is 0.812. The van der Waals surface area contributed by atoms with Crippen molar-refractivity contribution < 1.29 is 9.84 Å². The maximum absolute atomic E-state index is 11.1. The molecule has 2 rings (SSSR count). The van der Waals surface area contributed by atoms with Crippen LogP contribution in [-0.4, -0.2) is 27.1 Å². The van der Waals surface area contributed by atoms with Gasteiger partial charge in [0, 0.05) is 13.2 Å². The van der Waals surface area contributed by atoms with E-state index in [1.807, 2.05) is 11.6 Å². The Morgan fingerprint density at radius 3 is 2.71 bits per heavy atom. The molecule has 0 radical (unpaired) electrons. The number of rotatable bonds is 6. The highest BCUT2D eigenvalue weighted by Crippen LogP contribution is 2.44. The predicted molar refractivity (Wildman–Crippen MR) is 87.2 cm³/mol. The Morgan fingerprint density at radius 1 is 1.48 bits per heavy atom. The molecule has 0 amide bonds. The summed E-state index contributed by atoms with van der Waals surface area (Å²) in [5, 5.41) is 15.5. The molecule has 1 unspecified atom stereocenters. The number of nitrogens with zero attached hydrogens (tertiary/aromatic N) is 2. The molecular formula is C16H27BrN2O2. The summed E-state index contributed by atoms with van der Waals surface area (Å²) in [6.45, 7) is 7.85. The normalized spacial score (nSPS) is 27.8. The molecule has 21 heavy (non-hydrogen) atoms. The summed E-state index contributed by atoms with van der Waals surface area (Å²) in [6.07, 6.45) is 6.17. The van der Waals surface area contributed by atoms with Crippen molar-refractivity contribution in [1.29, 1.82) is 0 Å². The van der Waals surface area contributed by atoms with Gasteiger partial charge in [-0.05, 0) is 60.9 Å². The minimum Gasteiger partial charge on any atom is -0.384 e. The van der Waals surface area contributed by atoms with Gasteiger partial charge >= 0.3 is 0 Å². The molecule has 1 aliphatic rings. The molecule has 0 aliphatic heterocycles. The van der Waals surface area contributed by atoms with E-state index < -0.39 is 11.7 Å². The first-order valence-electron chi connectivity index (χ1n) is 8.07. The Hall–Kier alpha value is -0.390. The average Bonchev–Trinajstić information content (AvgIpc) is 2.82. The minimum absolute atomic E-state index is 0.463. The molecule has 1 aliphatic carbocycles. The lowest BCUT2D eigenvalue weighted by atomic mass is 9.75. The Bertz CT molecular complexity index is 453. The van der Waals surface area contributed by atoms with Crippen molar-refractivity contribution in [3.05, 3.63) is 16.4 Å². The first-order valence-corrected chi connectivity index (χ1v) is 8.86. The molecule has 5 heteroatoms. The minimum atomic E-state index is -0.631. The van der Waals surface area contributed by atoms with E-state index in [0.29, 0.717) is 6.61 Å². The summed E-state index contributed by atoms with van der Waals surface area (Å²) < 4.78 is 8.87. The zero-order chi connectivity index (χ0) is 15.5. The number of aromatic nitrogens is 2. The molecule has 0 bridgehead atoms. The molecule has 1 heterocycles. The molecule has 1 atom stereocenters. The number of halogens is 1. The van der Waals surface area contributed by atoms with Crippen molar-refractivity contribution in [1.82, 2.24) is 9.78 Å². The second-order valence-corrected chi connectivity index (χ2v) is 7.04. The molecule has 1 N–H and O–H groups in total. The van der Waals surface area contributed by atoms with Crippen LogP contribution >= 0.6 is 15.9 Å². The smallest absolute Gasteiger partial charge is 0.126 e. The summed E-state index contributed by atoms with van der Waals surface area (Å²) >= 11 is 3.54. The van der Waals surface area contributed by atoms with E-state index in [2.05, 4.69) is 34.9 Å². The lowest BCUT2D eigenvalue weighted by molar-refractivity contribution is -0.149. The van der Waals surface area contributed by atoms with Gasteiger partial charge in [-0.2, -0.15) is 5.10 Å². The fourth-order valence-electron chi connectivity index (χ4n) is 3.32. The molecule has 0 spiro atoms. The quantitative estimate of drug-likeness (QED) is 0.833. The van der Waals surface area contributed by atoms with Gasteiger partial charge in [-0.3, -0.25) is 4.68 Å². The van der Waals surface area contributed by atoms with E-state index in [-0.39, 0.29) is 0 Å². The van der Waals surface area contributed by atoms with Gasteiger partial charge in [0.1, 0.15) is 6.10 Å². The zero-order valence-electron chi connectivity index (χ0n) is 13.3. The Labute approximate surface area is 136 Å². The van der Waals surface area contributed by atoms with E-state index in [9.17, 15) is 5.11 Å². The fourth-order valence-corrected chi connectivity index (χ4v) is 3.83. The van der Waals surface area contributed by atoms with Crippen LogP contribution in [0.1, 0.15) is 64.7 Å². The number of hydrogen-bond donors (Lipinski definition) is 1. The SMILES string of the molecule is CCCn1ncc(Br)c1C(O)C1(OCC)CCC(C)CC1. The Balaban J connectivity index is 2.30. The molecule has 4 nitrogen and oxygen atoms in total. The van der Waals surface area contributed by atoms with Crippen LogP contribution in [0.4, 0.5) is 0 Å². The number of aliphatic hydroxyl groups excluding tert-OH is 1. The van der Waals surface area contributed by atoms with E-state index in [1.54, 1.807) is 6.20 Å². The van der Waals surface area contributed by atoms with Crippen molar-refractivity contribution in [3.8, 4) is 0 Å². The highest BCUT2D eigenvalue weighted by Gasteiger charge is 2.44. The third kappa shape index (κ3) is 3.51. The van der Waals surface area contributed by atoms with Gasteiger partial charge in [-0.1, -0.05) is 13.8 Å². The number of hydrogen-bond acceptors (Lipinski definition) is 3. The second kappa shape index (κ2) is 7.25. The maximum Gasteiger partial charge on any atom is 0.126 e. The average molecular weight is 359 g/mol. The monoisotopic (exact) mass is 358 g/mol. The van der Waals surface area contributed by atoms with E-state index in [1.165, 1.54) is 0 Å². The summed E-state index contributed by atoms with van der Waals surface area (Å²) in [6, 6.07) is 0. The van der Waals surface area contributed by atoms with Gasteiger partial charge < -0.3 is 9.84 Å². The van der Waals surface area contributed by atoms with Crippen LogP contribution < -0.4 is 0 Å². The summed E-state index contributed by atoms with van der Waals surface area (Å²) in [7, 11) is 0. The molecule has 1 aromatic rings. The van der Waals surface area contributed by atoms with Gasteiger partial charge in [-0.25, -0.2) is 0 Å². The van der Waals surface area contributed by atoms with Crippen molar-refractivity contribution >= 4 is 15.9 Å². The van der Waals surface area contributed by atoms with Crippen LogP contribution in [-0.2, 0) is 11.3 Å². The zero-order valence-corrected chi connectivity index (χ0v) is 14.9. The van der Waals surface area contributed by atoms with Gasteiger partial charge in [0.05, 0.1) is 22.0 Å². The number of ether oxygens (including phenoxy) is 1. The standard InChI is InChI=1S/C16H27BrN2O2/c1-4-10-19-14(13(17)11-18-19)15(20)16(21-5-2)8-6-12(3)7-9-16/h11-12,15,20H,4-10H2,1-3H3. The molecule has 1 aromatic heterocycles. The van der Waals surface area contributed by atoms with E-state index >= 15 is 0 Å². The first kappa shape index (κ1) is 17.0. The van der Waals surface area contributed by atoms with Crippen molar-refractivity contribution in [3.63, 3.8) is 0 Å². The van der Waals surface area contributed by atoms with Crippen molar-refractivity contribution in [2.75, 3.05) is 6.61 Å². The molecule has 0 saturated heterocycles. The highest BCUT2D eigenvalue weighted by molar-refractivity contribution is 9.10. The van der Waals surface area contributed by atoms with Gasteiger partial charge in [-0.15, -0.1) is 0 Å². The molecule has 1 saturated carbocycles. The number of aryl methyl sites for hydroxylation is 1. The van der Waals surface area contributed by atoms with Crippen molar-refractivity contribution in [2.45, 2.75) is 71.1 Å². The molecular weight excluding hydrogens is 332 g/mol. The summed E-state index contributed by atoms with van der Waals surface area (Å²) in [4.78, 5) is 0. The number of aliphatic hydroxyl groups is 1.